The highest BCUT2D eigenvalue weighted by atomic mass is 79.9. The van der Waals surface area contributed by atoms with Crippen LogP contribution in [0.3, 0.4) is 0 Å². The van der Waals surface area contributed by atoms with E-state index in [0.29, 0.717) is 5.75 Å². The van der Waals surface area contributed by atoms with Crippen LogP contribution in [0.4, 0.5) is 0 Å². The molecule has 62 valence electrons. The van der Waals surface area contributed by atoms with Crippen LogP contribution in [0, 0.1) is 6.92 Å². The van der Waals surface area contributed by atoms with E-state index in [-0.39, 0.29) is 0 Å². The van der Waals surface area contributed by atoms with E-state index < -0.39 is 0 Å². The maximum atomic E-state index is 9.39. The van der Waals surface area contributed by atoms with Crippen LogP contribution in [-0.4, -0.2) is 5.11 Å². The highest BCUT2D eigenvalue weighted by Gasteiger charge is 2.03. The fourth-order valence-electron chi connectivity index (χ4n) is 1.18. The van der Waals surface area contributed by atoms with Crippen molar-refractivity contribution in [2.75, 3.05) is 0 Å². The predicted molar refractivity (Wildman–Crippen MR) is 55.9 cm³/mol. The summed E-state index contributed by atoms with van der Waals surface area (Å²) in [6.45, 7) is 2.07. The summed E-state index contributed by atoms with van der Waals surface area (Å²) in [5, 5.41) is 10.6. The van der Waals surface area contributed by atoms with Gasteiger partial charge in [-0.05, 0) is 46.4 Å². The number of phenolic OH excluding ortho intramolecular Hbond substituents is 1. The average Bonchev–Trinajstić information content (AvgIpc) is 2.30. The first-order valence-corrected chi connectivity index (χ1v) is 5.16. The molecule has 1 nitrogen and oxygen atoms in total. The van der Waals surface area contributed by atoms with E-state index in [2.05, 4.69) is 28.9 Å². The van der Waals surface area contributed by atoms with Crippen molar-refractivity contribution >= 4 is 37.4 Å². The summed E-state index contributed by atoms with van der Waals surface area (Å²) >= 11 is 4.97. The Balaban J connectivity index is 2.83. The van der Waals surface area contributed by atoms with Gasteiger partial charge in [0.15, 0.2) is 0 Å². The molecule has 0 unspecified atom stereocenters. The molecule has 0 saturated carbocycles. The van der Waals surface area contributed by atoms with Gasteiger partial charge in [-0.1, -0.05) is 0 Å². The smallest absolute Gasteiger partial charge is 0.131 e. The quantitative estimate of drug-likeness (QED) is 0.748. The number of aryl methyl sites for hydroxylation is 1. The summed E-state index contributed by atoms with van der Waals surface area (Å²) in [5.41, 5.74) is 0. The highest BCUT2D eigenvalue weighted by Crippen LogP contribution is 2.33. The van der Waals surface area contributed by atoms with E-state index >= 15 is 0 Å². The molecule has 0 radical (unpaired) electrons. The zero-order valence-electron chi connectivity index (χ0n) is 6.47. The standard InChI is InChI=1S/C9H7BrOS/c1-5-2-6-3-7(10)8(11)4-9(6)12-5/h2-4,11H,1H3. The highest BCUT2D eigenvalue weighted by molar-refractivity contribution is 9.10. The van der Waals surface area contributed by atoms with Crippen LogP contribution in [0.25, 0.3) is 10.1 Å². The molecule has 1 aromatic heterocycles. The molecule has 0 amide bonds. The fraction of sp³-hybridized carbons (Fsp3) is 0.111. The molecule has 0 bridgehead atoms. The van der Waals surface area contributed by atoms with Crippen LogP contribution in [-0.2, 0) is 0 Å². The summed E-state index contributed by atoms with van der Waals surface area (Å²) in [6, 6.07) is 5.84. The summed E-state index contributed by atoms with van der Waals surface area (Å²) < 4.78 is 1.89. The van der Waals surface area contributed by atoms with Crippen LogP contribution in [0.2, 0.25) is 0 Å². The van der Waals surface area contributed by atoms with E-state index in [9.17, 15) is 5.11 Å². The Morgan fingerprint density at radius 3 is 2.83 bits per heavy atom. The van der Waals surface area contributed by atoms with Gasteiger partial charge in [0.1, 0.15) is 5.75 Å². The Morgan fingerprint density at radius 1 is 1.33 bits per heavy atom. The molecule has 12 heavy (non-hydrogen) atoms. The van der Waals surface area contributed by atoms with E-state index in [0.717, 1.165) is 9.17 Å². The second-order valence-electron chi connectivity index (χ2n) is 2.70. The maximum Gasteiger partial charge on any atom is 0.131 e. The zero-order valence-corrected chi connectivity index (χ0v) is 8.87. The molecule has 0 fully saturated rings. The Bertz CT molecular complexity index is 394. The van der Waals surface area contributed by atoms with Crippen molar-refractivity contribution in [1.82, 2.24) is 0 Å². The largest absolute Gasteiger partial charge is 0.507 e. The van der Waals surface area contributed by atoms with Gasteiger partial charge in [-0.2, -0.15) is 0 Å². The lowest BCUT2D eigenvalue weighted by atomic mass is 10.2. The molecule has 0 aliphatic heterocycles. The van der Waals surface area contributed by atoms with Gasteiger partial charge in [-0.25, -0.2) is 0 Å². The zero-order chi connectivity index (χ0) is 8.72. The number of thiophene rings is 1. The van der Waals surface area contributed by atoms with Gasteiger partial charge < -0.3 is 5.11 Å². The molecule has 2 rings (SSSR count). The van der Waals surface area contributed by atoms with Gasteiger partial charge in [-0.15, -0.1) is 11.3 Å². The normalized spacial score (nSPS) is 10.8. The van der Waals surface area contributed by atoms with Gasteiger partial charge in [0.05, 0.1) is 4.47 Å². The average molecular weight is 243 g/mol. The van der Waals surface area contributed by atoms with Gasteiger partial charge >= 0.3 is 0 Å². The minimum Gasteiger partial charge on any atom is -0.507 e. The number of hydrogen-bond acceptors (Lipinski definition) is 2. The van der Waals surface area contributed by atoms with Crippen molar-refractivity contribution in [2.24, 2.45) is 0 Å². The Kier molecular flexibility index (Phi) is 1.85. The number of benzene rings is 1. The van der Waals surface area contributed by atoms with Crippen molar-refractivity contribution in [3.05, 3.63) is 27.5 Å². The first kappa shape index (κ1) is 8.08. The van der Waals surface area contributed by atoms with Crippen molar-refractivity contribution in [2.45, 2.75) is 6.92 Å². The molecule has 1 heterocycles. The Labute approximate surface area is 82.8 Å². The van der Waals surface area contributed by atoms with Crippen LogP contribution in [0.1, 0.15) is 4.88 Å². The first-order chi connectivity index (χ1) is 5.66. The number of hydrogen-bond donors (Lipinski definition) is 1. The molecule has 1 aromatic carbocycles. The third-order valence-corrected chi connectivity index (χ3v) is 3.36. The molecular formula is C9H7BrOS. The summed E-state index contributed by atoms with van der Waals surface area (Å²) in [7, 11) is 0. The van der Waals surface area contributed by atoms with Crippen molar-refractivity contribution in [1.29, 1.82) is 0 Å². The van der Waals surface area contributed by atoms with Crippen molar-refractivity contribution in [3.8, 4) is 5.75 Å². The number of halogens is 1. The Morgan fingerprint density at radius 2 is 2.08 bits per heavy atom. The lowest BCUT2D eigenvalue weighted by molar-refractivity contribution is 0.473. The topological polar surface area (TPSA) is 20.2 Å². The molecule has 0 saturated heterocycles. The predicted octanol–water partition coefficient (Wildman–Crippen LogP) is 3.68. The third-order valence-electron chi connectivity index (χ3n) is 1.71. The summed E-state index contributed by atoms with van der Waals surface area (Å²) in [6.07, 6.45) is 0. The second-order valence-corrected chi connectivity index (χ2v) is 4.84. The molecule has 0 atom stereocenters. The van der Waals surface area contributed by atoms with Crippen molar-refractivity contribution < 1.29 is 5.11 Å². The van der Waals surface area contributed by atoms with E-state index in [1.54, 1.807) is 17.4 Å². The van der Waals surface area contributed by atoms with Crippen LogP contribution in [0.5, 0.6) is 5.75 Å². The molecule has 0 spiro atoms. The number of fused-ring (bicyclic) bond motifs is 1. The molecule has 0 aliphatic carbocycles. The lowest BCUT2D eigenvalue weighted by Gasteiger charge is -1.95. The fourth-order valence-corrected chi connectivity index (χ4v) is 2.48. The van der Waals surface area contributed by atoms with Crippen LogP contribution < -0.4 is 0 Å². The van der Waals surface area contributed by atoms with Gasteiger partial charge in [0.25, 0.3) is 0 Å². The lowest BCUT2D eigenvalue weighted by Crippen LogP contribution is -1.67. The molecular weight excluding hydrogens is 236 g/mol. The van der Waals surface area contributed by atoms with E-state index in [4.69, 9.17) is 0 Å². The van der Waals surface area contributed by atoms with Crippen LogP contribution in [0.15, 0.2) is 22.7 Å². The summed E-state index contributed by atoms with van der Waals surface area (Å²) in [4.78, 5) is 1.27. The van der Waals surface area contributed by atoms with E-state index in [1.165, 1.54) is 10.3 Å². The number of rotatable bonds is 0. The minimum absolute atomic E-state index is 0.310. The van der Waals surface area contributed by atoms with Gasteiger partial charge in [-0.3, -0.25) is 0 Å². The van der Waals surface area contributed by atoms with Crippen molar-refractivity contribution in [3.63, 3.8) is 0 Å². The molecule has 3 heteroatoms. The van der Waals surface area contributed by atoms with Gasteiger partial charge in [0.2, 0.25) is 0 Å². The van der Waals surface area contributed by atoms with Crippen LogP contribution >= 0.6 is 27.3 Å². The maximum absolute atomic E-state index is 9.39. The third kappa shape index (κ3) is 1.23. The monoisotopic (exact) mass is 242 g/mol. The number of aromatic hydroxyl groups is 1. The van der Waals surface area contributed by atoms with E-state index in [1.807, 2.05) is 6.07 Å². The Hall–Kier alpha value is -0.540. The molecule has 0 aliphatic rings. The second kappa shape index (κ2) is 2.75. The SMILES string of the molecule is Cc1cc2cc(Br)c(O)cc2s1. The number of phenols is 1. The summed E-state index contributed by atoms with van der Waals surface area (Å²) in [5.74, 6) is 0.310. The van der Waals surface area contributed by atoms with Gasteiger partial charge in [0, 0.05) is 9.58 Å². The first-order valence-electron chi connectivity index (χ1n) is 3.55. The molecule has 2 aromatic rings. The minimum atomic E-state index is 0.310. The molecule has 1 N–H and O–H groups in total.